The summed E-state index contributed by atoms with van der Waals surface area (Å²) in [4.78, 5) is 22.1. The number of nitrogen functional groups attached to an aromatic ring is 1. The maximum atomic E-state index is 12.3. The minimum atomic E-state index is -4.30. The maximum Gasteiger partial charge on any atom is 0.329 e. The molecule has 0 aromatic carbocycles. The molecule has 3 heterocycles. The molecule has 4 atom stereocenters. The summed E-state index contributed by atoms with van der Waals surface area (Å²) >= 11 is 0. The van der Waals surface area contributed by atoms with E-state index in [1.54, 1.807) is 4.57 Å². The van der Waals surface area contributed by atoms with E-state index in [9.17, 15) is 29.9 Å². The third-order valence-corrected chi connectivity index (χ3v) is 6.51. The highest BCUT2D eigenvalue weighted by atomic mass is 31.2. The zero-order valence-electron chi connectivity index (χ0n) is 15.4. The van der Waals surface area contributed by atoms with Crippen LogP contribution in [0.4, 0.5) is 5.82 Å². The number of aromatic nitrogens is 4. The van der Waals surface area contributed by atoms with Gasteiger partial charge >= 0.3 is 7.60 Å². The van der Waals surface area contributed by atoms with Crippen molar-refractivity contribution in [3.8, 4) is 0 Å². The van der Waals surface area contributed by atoms with E-state index in [4.69, 9.17) is 15.0 Å². The summed E-state index contributed by atoms with van der Waals surface area (Å²) in [6.07, 6.45) is -0.322. The fourth-order valence-corrected chi connectivity index (χ4v) is 4.69. The molecule has 0 aliphatic carbocycles. The van der Waals surface area contributed by atoms with Crippen LogP contribution in [0.3, 0.4) is 0 Å². The van der Waals surface area contributed by atoms with E-state index in [1.807, 2.05) is 0 Å². The lowest BCUT2D eigenvalue weighted by Gasteiger charge is -2.29. The van der Waals surface area contributed by atoms with Crippen LogP contribution in [-0.2, 0) is 13.8 Å². The van der Waals surface area contributed by atoms with Crippen molar-refractivity contribution in [2.24, 2.45) is 5.41 Å². The monoisotopic (exact) mass is 433 g/mol. The Kier molecular flexibility index (Phi) is 6.51. The minimum absolute atomic E-state index is 0.160. The molecule has 0 radical (unpaired) electrons. The molecule has 1 saturated heterocycles. The number of nitrogens with zero attached hydrogens (tertiary/aromatic N) is 4. The normalized spacial score (nSPS) is 24.8. The fourth-order valence-electron chi connectivity index (χ4n) is 3.08. The Balaban J connectivity index is 1.65. The first kappa shape index (κ1) is 22.0. The summed E-state index contributed by atoms with van der Waals surface area (Å²) in [5.41, 5.74) is 5.00. The summed E-state index contributed by atoms with van der Waals surface area (Å²) < 4.78 is 24.7. The molecular weight excluding hydrogens is 409 g/mol. The van der Waals surface area contributed by atoms with Gasteiger partial charge in [-0.05, 0) is 0 Å². The van der Waals surface area contributed by atoms with Crippen LogP contribution in [0.25, 0.3) is 11.2 Å². The van der Waals surface area contributed by atoms with Crippen LogP contribution in [0, 0.1) is 5.41 Å². The second-order valence-corrected chi connectivity index (χ2v) is 8.93. The van der Waals surface area contributed by atoms with E-state index < -0.39 is 64.0 Å². The van der Waals surface area contributed by atoms with E-state index in [1.165, 1.54) is 12.7 Å². The minimum Gasteiger partial charge on any atom is -0.396 e. The lowest BCUT2D eigenvalue weighted by atomic mass is 9.94. The average molecular weight is 433 g/mol. The summed E-state index contributed by atoms with van der Waals surface area (Å²) in [7, 11) is -4.30. The van der Waals surface area contributed by atoms with Gasteiger partial charge in [-0.1, -0.05) is 0 Å². The van der Waals surface area contributed by atoms with Gasteiger partial charge < -0.3 is 40.3 Å². The lowest BCUT2D eigenvalue weighted by molar-refractivity contribution is -0.0409. The van der Waals surface area contributed by atoms with Gasteiger partial charge in [-0.15, -0.1) is 0 Å². The molecule has 2 aromatic heterocycles. The van der Waals surface area contributed by atoms with Crippen molar-refractivity contribution in [3.63, 3.8) is 0 Å². The molecule has 7 N–H and O–H groups in total. The number of aliphatic hydroxyl groups excluding tert-OH is 4. The molecule has 13 nitrogen and oxygen atoms in total. The molecule has 0 amide bonds. The van der Waals surface area contributed by atoms with Crippen LogP contribution >= 0.6 is 7.60 Å². The number of ether oxygens (including phenoxy) is 1. The summed E-state index contributed by atoms with van der Waals surface area (Å²) in [5.74, 6) is 0.202. The molecule has 1 aliphatic heterocycles. The van der Waals surface area contributed by atoms with Crippen LogP contribution in [0.1, 0.15) is 12.6 Å². The fraction of sp³-hybridized carbons (Fsp3) is 0.667. The van der Waals surface area contributed by atoms with Gasteiger partial charge in [-0.25, -0.2) is 15.0 Å². The highest BCUT2D eigenvalue weighted by Gasteiger charge is 2.41. The molecule has 29 heavy (non-hydrogen) atoms. The number of nitrogens with two attached hydrogens (primary N) is 1. The Hall–Kier alpha value is -1.70. The molecule has 0 bridgehead atoms. The predicted molar refractivity (Wildman–Crippen MR) is 98.6 cm³/mol. The molecular formula is C15H24N5O8P. The van der Waals surface area contributed by atoms with Crippen LogP contribution in [0.2, 0.25) is 0 Å². The SMILES string of the molecule is Nc1ncnc2c1ncn2[C@H]1C[C@@H](O)[C@@H](COP(=O)(O)CC(CO)(CO)CO)O1. The van der Waals surface area contributed by atoms with E-state index in [0.29, 0.717) is 11.2 Å². The Morgan fingerprint density at radius 2 is 1.97 bits per heavy atom. The first-order chi connectivity index (χ1) is 13.7. The molecule has 1 unspecified atom stereocenters. The number of anilines is 1. The highest BCUT2D eigenvalue weighted by Crippen LogP contribution is 2.48. The van der Waals surface area contributed by atoms with Gasteiger partial charge in [-0.2, -0.15) is 0 Å². The molecule has 2 aromatic rings. The summed E-state index contributed by atoms with van der Waals surface area (Å²) in [6, 6.07) is 0. The molecule has 0 saturated carbocycles. The van der Waals surface area contributed by atoms with E-state index in [2.05, 4.69) is 15.0 Å². The van der Waals surface area contributed by atoms with Crippen LogP contribution in [0.15, 0.2) is 12.7 Å². The van der Waals surface area contributed by atoms with Crippen molar-refractivity contribution >= 4 is 24.6 Å². The summed E-state index contributed by atoms with van der Waals surface area (Å²) in [6.45, 7) is -2.50. The molecule has 0 spiro atoms. The first-order valence-corrected chi connectivity index (χ1v) is 10.6. The molecule has 162 valence electrons. The number of hydrogen-bond acceptors (Lipinski definition) is 11. The van der Waals surface area contributed by atoms with Gasteiger partial charge in [0.25, 0.3) is 0 Å². The maximum absolute atomic E-state index is 12.3. The van der Waals surface area contributed by atoms with Crippen molar-refractivity contribution < 1.29 is 39.1 Å². The van der Waals surface area contributed by atoms with Gasteiger partial charge in [-0.3, -0.25) is 9.13 Å². The van der Waals surface area contributed by atoms with Crippen LogP contribution in [0.5, 0.6) is 0 Å². The van der Waals surface area contributed by atoms with Crippen LogP contribution < -0.4 is 5.73 Å². The van der Waals surface area contributed by atoms with Gasteiger partial charge in [0.05, 0.1) is 50.4 Å². The third-order valence-electron chi connectivity index (χ3n) is 4.88. The molecule has 3 rings (SSSR count). The van der Waals surface area contributed by atoms with Gasteiger partial charge in [0.2, 0.25) is 0 Å². The van der Waals surface area contributed by atoms with Crippen molar-refractivity contribution in [2.75, 3.05) is 38.3 Å². The van der Waals surface area contributed by atoms with E-state index in [-0.39, 0.29) is 12.2 Å². The number of fused-ring (bicyclic) bond motifs is 1. The second-order valence-electron chi connectivity index (χ2n) is 7.08. The first-order valence-electron chi connectivity index (χ1n) is 8.79. The van der Waals surface area contributed by atoms with Crippen molar-refractivity contribution in [2.45, 2.75) is 24.9 Å². The van der Waals surface area contributed by atoms with Crippen molar-refractivity contribution in [1.82, 2.24) is 19.5 Å². The van der Waals surface area contributed by atoms with E-state index in [0.717, 1.165) is 0 Å². The zero-order valence-corrected chi connectivity index (χ0v) is 16.3. The Bertz CT molecular complexity index is 882. The Morgan fingerprint density at radius 1 is 1.28 bits per heavy atom. The zero-order chi connectivity index (χ0) is 21.2. The molecule has 1 aliphatic rings. The smallest absolute Gasteiger partial charge is 0.329 e. The quantitative estimate of drug-likeness (QED) is 0.243. The number of imidazole rings is 1. The topological polar surface area (TPSA) is 206 Å². The number of aliphatic hydroxyl groups is 4. The number of rotatable bonds is 9. The van der Waals surface area contributed by atoms with Gasteiger partial charge in [0.1, 0.15) is 24.2 Å². The lowest BCUT2D eigenvalue weighted by Crippen LogP contribution is -2.38. The third kappa shape index (κ3) is 4.57. The highest BCUT2D eigenvalue weighted by molar-refractivity contribution is 7.52. The average Bonchev–Trinajstić information content (AvgIpc) is 3.29. The largest absolute Gasteiger partial charge is 0.396 e. The van der Waals surface area contributed by atoms with E-state index >= 15 is 0 Å². The Labute approximate surface area is 165 Å². The number of hydrogen-bond donors (Lipinski definition) is 6. The van der Waals surface area contributed by atoms with Crippen molar-refractivity contribution in [1.29, 1.82) is 0 Å². The van der Waals surface area contributed by atoms with Gasteiger partial charge in [0.15, 0.2) is 11.5 Å². The summed E-state index contributed by atoms with van der Waals surface area (Å²) in [5, 5.41) is 38.2. The standard InChI is InChI=1S/C15H24N5O8P/c16-13-12-14(18-7-17-13)20(8-19-12)11-1-9(24)10(28-11)2-27-29(25,26)6-15(3-21,4-22)5-23/h7-11,21-24H,1-6H2,(H,25,26)(H2,16,17,18)/t9-,10-,11-/m1/s1. The second kappa shape index (κ2) is 8.58. The Morgan fingerprint density at radius 3 is 2.62 bits per heavy atom. The van der Waals surface area contributed by atoms with Crippen molar-refractivity contribution in [3.05, 3.63) is 12.7 Å². The molecule has 1 fully saturated rings. The van der Waals surface area contributed by atoms with Gasteiger partial charge in [0, 0.05) is 6.42 Å². The molecule has 14 heteroatoms. The van der Waals surface area contributed by atoms with Crippen LogP contribution in [-0.4, -0.2) is 89.6 Å². The predicted octanol–water partition coefficient (Wildman–Crippen LogP) is -1.78.